The van der Waals surface area contributed by atoms with Gasteiger partial charge in [0.1, 0.15) is 11.3 Å². The van der Waals surface area contributed by atoms with E-state index in [0.717, 1.165) is 10.9 Å². The Hall–Kier alpha value is -3.58. The second kappa shape index (κ2) is 7.21. The number of aryl methyl sites for hydroxylation is 1. The Balaban J connectivity index is 1.45. The summed E-state index contributed by atoms with van der Waals surface area (Å²) in [5.74, 6) is -0.940. The van der Waals surface area contributed by atoms with E-state index < -0.39 is 11.8 Å². The molecular weight excluding hydrogens is 380 g/mol. The third-order valence-corrected chi connectivity index (χ3v) is 4.52. The Morgan fingerprint density at radius 2 is 1.82 bits per heavy atom. The van der Waals surface area contributed by atoms with E-state index >= 15 is 0 Å². The predicted molar refractivity (Wildman–Crippen MR) is 105 cm³/mol. The molecule has 0 aliphatic carbocycles. The predicted octanol–water partition coefficient (Wildman–Crippen LogP) is 3.86. The Bertz CT molecular complexity index is 1200. The summed E-state index contributed by atoms with van der Waals surface area (Å²) >= 11 is 5.98. The number of hydrogen-bond donors (Lipinski definition) is 3. The molecule has 4 aromatic rings. The quantitative estimate of drug-likeness (QED) is 0.459. The zero-order valence-electron chi connectivity index (χ0n) is 14.7. The Labute approximate surface area is 164 Å². The zero-order chi connectivity index (χ0) is 19.7. The first-order valence-corrected chi connectivity index (χ1v) is 8.81. The molecule has 0 bridgehead atoms. The van der Waals surface area contributed by atoms with E-state index in [1.807, 2.05) is 24.3 Å². The number of para-hydroxylation sites is 1. The summed E-state index contributed by atoms with van der Waals surface area (Å²) in [4.78, 5) is 24.7. The summed E-state index contributed by atoms with van der Waals surface area (Å²) in [6, 6.07) is 16.0. The highest BCUT2D eigenvalue weighted by Gasteiger charge is 2.19. The van der Waals surface area contributed by atoms with Crippen LogP contribution in [0.3, 0.4) is 0 Å². The fourth-order valence-corrected chi connectivity index (χ4v) is 3.05. The fraction of sp³-hybridized carbons (Fsp3) is 0.0500. The average Bonchev–Trinajstić information content (AvgIpc) is 3.32. The molecule has 0 aliphatic rings. The average molecular weight is 395 g/mol. The summed E-state index contributed by atoms with van der Waals surface area (Å²) in [7, 11) is 0. The van der Waals surface area contributed by atoms with Crippen molar-refractivity contribution in [3.05, 3.63) is 76.6 Å². The number of carbonyl (C=O) groups is 2. The molecule has 2 heterocycles. The number of nitrogens with one attached hydrogen (secondary N) is 3. The van der Waals surface area contributed by atoms with Gasteiger partial charge in [0.2, 0.25) is 0 Å². The molecule has 0 spiro atoms. The number of benzene rings is 2. The molecule has 2 amide bonds. The third kappa shape index (κ3) is 3.35. The summed E-state index contributed by atoms with van der Waals surface area (Å²) in [6.45, 7) is 1.79. The summed E-state index contributed by atoms with van der Waals surface area (Å²) in [5.41, 5.74) is 7.54. The van der Waals surface area contributed by atoms with Crippen molar-refractivity contribution in [2.45, 2.75) is 6.92 Å². The van der Waals surface area contributed by atoms with Crippen LogP contribution in [-0.4, -0.2) is 22.0 Å². The largest absolute Gasteiger partial charge is 0.451 e. The highest BCUT2D eigenvalue weighted by molar-refractivity contribution is 6.30. The number of H-pyrrole nitrogens is 1. The maximum absolute atomic E-state index is 12.4. The molecule has 3 N–H and O–H groups in total. The lowest BCUT2D eigenvalue weighted by Gasteiger charge is -2.04. The first-order chi connectivity index (χ1) is 13.5. The first kappa shape index (κ1) is 17.8. The number of hydrazine groups is 1. The van der Waals surface area contributed by atoms with Crippen LogP contribution in [0.5, 0.6) is 0 Å². The molecule has 140 valence electrons. The minimum atomic E-state index is -0.545. The number of rotatable bonds is 3. The number of aromatic amines is 1. The molecule has 2 aromatic heterocycles. The summed E-state index contributed by atoms with van der Waals surface area (Å²) in [6.07, 6.45) is 0. The van der Waals surface area contributed by atoms with Gasteiger partial charge in [-0.2, -0.15) is 5.10 Å². The molecule has 28 heavy (non-hydrogen) atoms. The monoisotopic (exact) mass is 394 g/mol. The van der Waals surface area contributed by atoms with E-state index in [-0.39, 0.29) is 11.5 Å². The number of nitrogens with zero attached hydrogens (tertiary/aromatic N) is 1. The van der Waals surface area contributed by atoms with E-state index in [9.17, 15) is 9.59 Å². The molecular formula is C20H15ClN4O3. The number of hydrogen-bond acceptors (Lipinski definition) is 4. The fourth-order valence-electron chi connectivity index (χ4n) is 2.86. The van der Waals surface area contributed by atoms with E-state index in [2.05, 4.69) is 21.0 Å². The number of amides is 2. The molecule has 2 aromatic carbocycles. The smallest absolute Gasteiger partial charge is 0.305 e. The van der Waals surface area contributed by atoms with Gasteiger partial charge in [-0.15, -0.1) is 0 Å². The van der Waals surface area contributed by atoms with Gasteiger partial charge in [0.15, 0.2) is 5.76 Å². The van der Waals surface area contributed by atoms with Gasteiger partial charge in [-0.3, -0.25) is 25.5 Å². The Morgan fingerprint density at radius 3 is 2.61 bits per heavy atom. The highest BCUT2D eigenvalue weighted by Crippen LogP contribution is 2.24. The second-order valence-corrected chi connectivity index (χ2v) is 6.57. The van der Waals surface area contributed by atoms with Crippen molar-refractivity contribution in [1.29, 1.82) is 0 Å². The van der Waals surface area contributed by atoms with Crippen molar-refractivity contribution in [2.24, 2.45) is 0 Å². The van der Waals surface area contributed by atoms with Crippen molar-refractivity contribution >= 4 is 34.4 Å². The van der Waals surface area contributed by atoms with Gasteiger partial charge in [-0.1, -0.05) is 41.9 Å². The minimum absolute atomic E-state index is 0.144. The first-order valence-electron chi connectivity index (χ1n) is 8.43. The van der Waals surface area contributed by atoms with Gasteiger partial charge in [0, 0.05) is 21.5 Å². The van der Waals surface area contributed by atoms with Crippen LogP contribution in [0.2, 0.25) is 5.02 Å². The molecule has 7 nitrogen and oxygen atoms in total. The maximum atomic E-state index is 12.4. The van der Waals surface area contributed by atoms with E-state index in [1.165, 1.54) is 0 Å². The lowest BCUT2D eigenvalue weighted by Crippen LogP contribution is -2.41. The zero-order valence-corrected chi connectivity index (χ0v) is 15.5. The topological polar surface area (TPSA) is 100 Å². The van der Waals surface area contributed by atoms with Crippen LogP contribution in [0.1, 0.15) is 26.6 Å². The van der Waals surface area contributed by atoms with Crippen LogP contribution in [0.15, 0.2) is 59.0 Å². The molecule has 0 saturated carbocycles. The highest BCUT2D eigenvalue weighted by atomic mass is 35.5. The van der Waals surface area contributed by atoms with Crippen molar-refractivity contribution in [3.63, 3.8) is 0 Å². The molecule has 0 aliphatic heterocycles. The van der Waals surface area contributed by atoms with E-state index in [0.29, 0.717) is 21.9 Å². The summed E-state index contributed by atoms with van der Waals surface area (Å²) in [5, 5.41) is 8.16. The van der Waals surface area contributed by atoms with E-state index in [4.69, 9.17) is 16.0 Å². The van der Waals surface area contributed by atoms with Crippen LogP contribution in [0.25, 0.3) is 22.2 Å². The van der Waals surface area contributed by atoms with Crippen LogP contribution in [0.4, 0.5) is 0 Å². The number of furan rings is 1. The van der Waals surface area contributed by atoms with Crippen LogP contribution >= 0.6 is 11.6 Å². The summed E-state index contributed by atoms with van der Waals surface area (Å²) < 4.78 is 5.58. The van der Waals surface area contributed by atoms with Crippen molar-refractivity contribution in [3.8, 4) is 11.3 Å². The maximum Gasteiger partial charge on any atom is 0.305 e. The van der Waals surface area contributed by atoms with Crippen molar-refractivity contribution < 1.29 is 14.0 Å². The molecule has 0 radical (unpaired) electrons. The lowest BCUT2D eigenvalue weighted by molar-refractivity contribution is 0.0829. The number of aromatic nitrogens is 2. The molecule has 0 fully saturated rings. The normalized spacial score (nSPS) is 10.8. The standard InChI is InChI=1S/C20H15ClN4O3/c1-11-14-7-2-3-8-17(14)28-18(11)20(27)25-24-19(26)16-10-15(22-23-16)12-5-4-6-13(21)9-12/h2-10H,1H3,(H,22,23)(H,24,26)(H,25,27). The Kier molecular flexibility index (Phi) is 4.58. The van der Waals surface area contributed by atoms with Crippen LogP contribution in [0, 0.1) is 6.92 Å². The number of carbonyl (C=O) groups excluding carboxylic acids is 2. The lowest BCUT2D eigenvalue weighted by atomic mass is 10.1. The molecule has 0 atom stereocenters. The van der Waals surface area contributed by atoms with Gasteiger partial charge >= 0.3 is 5.91 Å². The molecule has 0 unspecified atom stereocenters. The number of fused-ring (bicyclic) bond motifs is 1. The van der Waals surface area contributed by atoms with Crippen molar-refractivity contribution in [1.82, 2.24) is 21.0 Å². The number of halogens is 1. The molecule has 4 rings (SSSR count). The van der Waals surface area contributed by atoms with Crippen LogP contribution in [-0.2, 0) is 0 Å². The van der Waals surface area contributed by atoms with Gasteiger partial charge in [-0.25, -0.2) is 0 Å². The van der Waals surface area contributed by atoms with Gasteiger partial charge in [0.05, 0.1) is 5.69 Å². The molecule has 8 heteroatoms. The Morgan fingerprint density at radius 1 is 1.04 bits per heavy atom. The van der Waals surface area contributed by atoms with Gasteiger partial charge in [0.25, 0.3) is 5.91 Å². The van der Waals surface area contributed by atoms with E-state index in [1.54, 1.807) is 37.3 Å². The third-order valence-electron chi connectivity index (χ3n) is 4.28. The van der Waals surface area contributed by atoms with Crippen LogP contribution < -0.4 is 10.9 Å². The SMILES string of the molecule is Cc1c(C(=O)NNC(=O)c2cc(-c3cccc(Cl)c3)n[nH]2)oc2ccccc12. The van der Waals surface area contributed by atoms with Gasteiger partial charge < -0.3 is 4.42 Å². The molecule has 0 saturated heterocycles. The van der Waals surface area contributed by atoms with Gasteiger partial charge in [-0.05, 0) is 31.2 Å². The van der Waals surface area contributed by atoms with Crippen molar-refractivity contribution in [2.75, 3.05) is 0 Å². The minimum Gasteiger partial charge on any atom is -0.451 e. The second-order valence-electron chi connectivity index (χ2n) is 6.14.